The standard InChI is InChI=1S/C18H13F3O3/c1-2-23-12-8-7-11-9-14(17(22)24-16(11)10-12)13-5-3-4-6-15(13)18(19,20)21/h3-10H,2H2,1H3. The molecule has 0 radical (unpaired) electrons. The topological polar surface area (TPSA) is 39.4 Å². The molecule has 0 aliphatic rings. The summed E-state index contributed by atoms with van der Waals surface area (Å²) in [6, 6.07) is 11.2. The van der Waals surface area contributed by atoms with E-state index in [2.05, 4.69) is 0 Å². The molecule has 2 aromatic carbocycles. The van der Waals surface area contributed by atoms with Crippen molar-refractivity contribution in [2.75, 3.05) is 6.61 Å². The second-order valence-corrected chi connectivity index (χ2v) is 5.12. The molecule has 1 heterocycles. The van der Waals surface area contributed by atoms with Gasteiger partial charge in [0.2, 0.25) is 0 Å². The van der Waals surface area contributed by atoms with Crippen LogP contribution < -0.4 is 10.4 Å². The molecule has 3 rings (SSSR count). The van der Waals surface area contributed by atoms with E-state index in [9.17, 15) is 18.0 Å². The molecule has 0 spiro atoms. The lowest BCUT2D eigenvalue weighted by Crippen LogP contribution is -2.11. The average Bonchev–Trinajstić information content (AvgIpc) is 2.53. The van der Waals surface area contributed by atoms with Crippen molar-refractivity contribution < 1.29 is 22.3 Å². The molecule has 0 saturated carbocycles. The molecule has 0 fully saturated rings. The average molecular weight is 334 g/mol. The molecule has 1 aromatic heterocycles. The molecular weight excluding hydrogens is 321 g/mol. The van der Waals surface area contributed by atoms with Crippen molar-refractivity contribution in [1.29, 1.82) is 0 Å². The highest BCUT2D eigenvalue weighted by molar-refractivity contribution is 5.83. The second kappa shape index (κ2) is 6.03. The zero-order chi connectivity index (χ0) is 17.3. The summed E-state index contributed by atoms with van der Waals surface area (Å²) in [5, 5.41) is 0.519. The third-order valence-corrected chi connectivity index (χ3v) is 3.54. The van der Waals surface area contributed by atoms with Crippen LogP contribution in [0.15, 0.2) is 57.7 Å². The molecule has 0 amide bonds. The highest BCUT2D eigenvalue weighted by Gasteiger charge is 2.34. The monoisotopic (exact) mass is 334 g/mol. The van der Waals surface area contributed by atoms with Crippen LogP contribution in [-0.2, 0) is 6.18 Å². The van der Waals surface area contributed by atoms with Gasteiger partial charge in [-0.25, -0.2) is 4.79 Å². The van der Waals surface area contributed by atoms with Crippen LogP contribution in [0, 0.1) is 0 Å². The van der Waals surface area contributed by atoms with Gasteiger partial charge in [-0.15, -0.1) is 0 Å². The van der Waals surface area contributed by atoms with Gasteiger partial charge in [-0.3, -0.25) is 0 Å². The SMILES string of the molecule is CCOc1ccc2cc(-c3ccccc3C(F)(F)F)c(=O)oc2c1. The molecule has 3 nitrogen and oxygen atoms in total. The zero-order valence-electron chi connectivity index (χ0n) is 12.7. The molecule has 0 atom stereocenters. The van der Waals surface area contributed by atoms with Gasteiger partial charge in [-0.05, 0) is 31.2 Å². The predicted molar refractivity (Wildman–Crippen MR) is 84.1 cm³/mol. The number of hydrogen-bond donors (Lipinski definition) is 0. The number of rotatable bonds is 3. The maximum atomic E-state index is 13.2. The van der Waals surface area contributed by atoms with Gasteiger partial charge in [0.1, 0.15) is 11.3 Å². The number of hydrogen-bond acceptors (Lipinski definition) is 3. The Labute approximate surface area is 135 Å². The molecule has 3 aromatic rings. The van der Waals surface area contributed by atoms with Crippen molar-refractivity contribution >= 4 is 11.0 Å². The van der Waals surface area contributed by atoms with E-state index >= 15 is 0 Å². The van der Waals surface area contributed by atoms with Gasteiger partial charge in [0.25, 0.3) is 0 Å². The van der Waals surface area contributed by atoms with E-state index in [0.717, 1.165) is 6.07 Å². The minimum absolute atomic E-state index is 0.125. The number of benzene rings is 2. The molecule has 0 N–H and O–H groups in total. The van der Waals surface area contributed by atoms with Crippen LogP contribution in [0.2, 0.25) is 0 Å². The summed E-state index contributed by atoms with van der Waals surface area (Å²) < 4.78 is 50.0. The maximum Gasteiger partial charge on any atom is 0.417 e. The van der Waals surface area contributed by atoms with Gasteiger partial charge in [0, 0.05) is 17.0 Å². The lowest BCUT2D eigenvalue weighted by atomic mass is 10.00. The Morgan fingerprint density at radius 1 is 1.04 bits per heavy atom. The summed E-state index contributed by atoms with van der Waals surface area (Å²) in [6.45, 7) is 2.27. The lowest BCUT2D eigenvalue weighted by molar-refractivity contribution is -0.137. The summed E-state index contributed by atoms with van der Waals surface area (Å²) in [5.41, 5.74) is -1.76. The van der Waals surface area contributed by atoms with E-state index in [1.807, 2.05) is 6.92 Å². The largest absolute Gasteiger partial charge is 0.494 e. The van der Waals surface area contributed by atoms with Crippen LogP contribution in [-0.4, -0.2) is 6.61 Å². The number of halogens is 3. The van der Waals surface area contributed by atoms with E-state index in [1.54, 1.807) is 18.2 Å². The summed E-state index contributed by atoms with van der Waals surface area (Å²) in [6.07, 6.45) is -4.56. The molecule has 0 aliphatic heterocycles. The molecular formula is C18H13F3O3. The van der Waals surface area contributed by atoms with Crippen LogP contribution in [0.3, 0.4) is 0 Å². The Kier molecular flexibility index (Phi) is 4.05. The van der Waals surface area contributed by atoms with E-state index in [-0.39, 0.29) is 16.7 Å². The second-order valence-electron chi connectivity index (χ2n) is 5.12. The highest BCUT2D eigenvalue weighted by Crippen LogP contribution is 2.36. The van der Waals surface area contributed by atoms with Gasteiger partial charge >= 0.3 is 11.8 Å². The Morgan fingerprint density at radius 3 is 2.50 bits per heavy atom. The number of fused-ring (bicyclic) bond motifs is 1. The van der Waals surface area contributed by atoms with Gasteiger partial charge in [0.05, 0.1) is 17.7 Å². The Morgan fingerprint density at radius 2 is 1.79 bits per heavy atom. The Balaban J connectivity index is 2.20. The first-order chi connectivity index (χ1) is 11.4. The molecule has 124 valence electrons. The van der Waals surface area contributed by atoms with Crippen LogP contribution >= 0.6 is 0 Å². The first kappa shape index (κ1) is 16.1. The van der Waals surface area contributed by atoms with Crippen molar-refractivity contribution in [3.63, 3.8) is 0 Å². The number of alkyl halides is 3. The summed E-state index contributed by atoms with van der Waals surface area (Å²) in [4.78, 5) is 12.2. The molecule has 6 heteroatoms. The van der Waals surface area contributed by atoms with Crippen LogP contribution in [0.4, 0.5) is 13.2 Å². The fraction of sp³-hybridized carbons (Fsp3) is 0.167. The quantitative estimate of drug-likeness (QED) is 0.641. The van der Waals surface area contributed by atoms with Crippen molar-refractivity contribution in [2.45, 2.75) is 13.1 Å². The normalized spacial score (nSPS) is 11.7. The molecule has 24 heavy (non-hydrogen) atoms. The fourth-order valence-electron chi connectivity index (χ4n) is 2.50. The lowest BCUT2D eigenvalue weighted by Gasteiger charge is -2.12. The Hall–Kier alpha value is -2.76. The Bertz CT molecular complexity index is 942. The van der Waals surface area contributed by atoms with Crippen LogP contribution in [0.5, 0.6) is 5.75 Å². The van der Waals surface area contributed by atoms with Gasteiger partial charge in [0.15, 0.2) is 0 Å². The first-order valence-corrected chi connectivity index (χ1v) is 7.27. The smallest absolute Gasteiger partial charge is 0.417 e. The van der Waals surface area contributed by atoms with Gasteiger partial charge in [-0.2, -0.15) is 13.2 Å². The van der Waals surface area contributed by atoms with E-state index in [1.165, 1.54) is 24.3 Å². The van der Waals surface area contributed by atoms with Crippen molar-refractivity contribution in [3.8, 4) is 16.9 Å². The summed E-state index contributed by atoms with van der Waals surface area (Å²) >= 11 is 0. The third-order valence-electron chi connectivity index (χ3n) is 3.54. The van der Waals surface area contributed by atoms with Crippen molar-refractivity contribution in [1.82, 2.24) is 0 Å². The van der Waals surface area contributed by atoms with E-state index < -0.39 is 17.4 Å². The van der Waals surface area contributed by atoms with E-state index in [4.69, 9.17) is 9.15 Å². The highest BCUT2D eigenvalue weighted by atomic mass is 19.4. The van der Waals surface area contributed by atoms with Gasteiger partial charge in [-0.1, -0.05) is 18.2 Å². The van der Waals surface area contributed by atoms with Crippen LogP contribution in [0.25, 0.3) is 22.1 Å². The van der Waals surface area contributed by atoms with Crippen molar-refractivity contribution in [3.05, 3.63) is 64.5 Å². The minimum atomic E-state index is -4.56. The fourth-order valence-corrected chi connectivity index (χ4v) is 2.50. The molecule has 0 saturated heterocycles. The molecule has 0 unspecified atom stereocenters. The number of ether oxygens (including phenoxy) is 1. The van der Waals surface area contributed by atoms with Crippen molar-refractivity contribution in [2.24, 2.45) is 0 Å². The minimum Gasteiger partial charge on any atom is -0.494 e. The molecule has 0 bridgehead atoms. The van der Waals surface area contributed by atoms with Gasteiger partial charge < -0.3 is 9.15 Å². The predicted octanol–water partition coefficient (Wildman–Crippen LogP) is 4.88. The summed E-state index contributed by atoms with van der Waals surface area (Å²) in [5.74, 6) is 0.525. The molecule has 0 aliphatic carbocycles. The third kappa shape index (κ3) is 2.99. The van der Waals surface area contributed by atoms with E-state index in [0.29, 0.717) is 17.7 Å². The maximum absolute atomic E-state index is 13.2. The summed E-state index contributed by atoms with van der Waals surface area (Å²) in [7, 11) is 0. The first-order valence-electron chi connectivity index (χ1n) is 7.27. The van der Waals surface area contributed by atoms with Crippen LogP contribution in [0.1, 0.15) is 12.5 Å². The zero-order valence-corrected chi connectivity index (χ0v) is 12.7.